The van der Waals surface area contributed by atoms with Crippen LogP contribution in [-0.2, 0) is 19.4 Å². The summed E-state index contributed by atoms with van der Waals surface area (Å²) in [6, 6.07) is 0. The highest BCUT2D eigenvalue weighted by atomic mass is 16.3. The number of fused-ring (bicyclic) bond motifs is 1. The van der Waals surface area contributed by atoms with E-state index in [0.29, 0.717) is 6.42 Å². The van der Waals surface area contributed by atoms with E-state index in [4.69, 9.17) is 5.11 Å². The van der Waals surface area contributed by atoms with Crippen molar-refractivity contribution in [2.24, 2.45) is 0 Å². The lowest BCUT2D eigenvalue weighted by atomic mass is 10.0. The number of aliphatic hydroxyl groups is 1. The van der Waals surface area contributed by atoms with Gasteiger partial charge in [-0.15, -0.1) is 0 Å². The first-order valence-electron chi connectivity index (χ1n) is 5.35. The number of aliphatic hydroxyl groups excluding tert-OH is 1. The van der Waals surface area contributed by atoms with Crippen molar-refractivity contribution in [1.82, 2.24) is 14.9 Å². The zero-order chi connectivity index (χ0) is 10.8. The second kappa shape index (κ2) is 4.24. The van der Waals surface area contributed by atoms with E-state index in [1.54, 1.807) is 0 Å². The maximum Gasteiger partial charge on any atom is 0.125 e. The summed E-state index contributed by atoms with van der Waals surface area (Å²) in [5.41, 5.74) is 3.42. The summed E-state index contributed by atoms with van der Waals surface area (Å²) in [7, 11) is 2.10. The van der Waals surface area contributed by atoms with Gasteiger partial charge in [0.1, 0.15) is 5.82 Å². The molecule has 0 amide bonds. The molecule has 4 heteroatoms. The van der Waals surface area contributed by atoms with Crippen molar-refractivity contribution in [3.8, 4) is 0 Å². The van der Waals surface area contributed by atoms with Gasteiger partial charge in [0, 0.05) is 38.1 Å². The Morgan fingerprint density at radius 3 is 2.93 bits per heavy atom. The van der Waals surface area contributed by atoms with Gasteiger partial charge in [-0.1, -0.05) is 0 Å². The molecule has 2 rings (SSSR count). The van der Waals surface area contributed by atoms with Crippen molar-refractivity contribution in [1.29, 1.82) is 0 Å². The molecular weight excluding hydrogens is 190 g/mol. The molecule has 0 unspecified atom stereocenters. The smallest absolute Gasteiger partial charge is 0.125 e. The van der Waals surface area contributed by atoms with Gasteiger partial charge < -0.3 is 10.0 Å². The van der Waals surface area contributed by atoms with Crippen LogP contribution in [0.4, 0.5) is 0 Å². The van der Waals surface area contributed by atoms with E-state index in [0.717, 1.165) is 31.0 Å². The fourth-order valence-electron chi connectivity index (χ4n) is 2.06. The highest BCUT2D eigenvalue weighted by Crippen LogP contribution is 2.19. The lowest BCUT2D eigenvalue weighted by Crippen LogP contribution is -2.29. The topological polar surface area (TPSA) is 49.3 Å². The molecule has 1 aromatic heterocycles. The van der Waals surface area contributed by atoms with E-state index in [9.17, 15) is 0 Å². The van der Waals surface area contributed by atoms with Crippen molar-refractivity contribution in [2.45, 2.75) is 26.3 Å². The molecule has 1 aliphatic heterocycles. The molecule has 2 heterocycles. The third-order valence-electron chi connectivity index (χ3n) is 2.80. The van der Waals surface area contributed by atoms with Crippen LogP contribution in [-0.4, -0.2) is 40.2 Å². The maximum absolute atomic E-state index is 9.00. The zero-order valence-corrected chi connectivity index (χ0v) is 9.32. The van der Waals surface area contributed by atoms with Crippen LogP contribution >= 0.6 is 0 Å². The molecule has 0 radical (unpaired) electrons. The Morgan fingerprint density at radius 1 is 1.40 bits per heavy atom. The van der Waals surface area contributed by atoms with Gasteiger partial charge in [0.25, 0.3) is 0 Å². The molecule has 1 aromatic rings. The Morgan fingerprint density at radius 2 is 2.20 bits per heavy atom. The van der Waals surface area contributed by atoms with Crippen molar-refractivity contribution < 1.29 is 5.11 Å². The molecule has 0 bridgehead atoms. The number of hydrogen-bond donors (Lipinski definition) is 1. The summed E-state index contributed by atoms with van der Waals surface area (Å²) in [6.45, 7) is 4.04. The van der Waals surface area contributed by atoms with Gasteiger partial charge in [0.05, 0.1) is 11.4 Å². The minimum atomic E-state index is 0.159. The number of likely N-dealkylation sites (N-methyl/N-ethyl adjacent to an activating group) is 1. The summed E-state index contributed by atoms with van der Waals surface area (Å²) in [4.78, 5) is 11.2. The van der Waals surface area contributed by atoms with Crippen LogP contribution in [0.25, 0.3) is 0 Å². The molecule has 15 heavy (non-hydrogen) atoms. The molecule has 1 aliphatic rings. The first-order chi connectivity index (χ1) is 7.20. The van der Waals surface area contributed by atoms with E-state index in [2.05, 4.69) is 21.9 Å². The predicted molar refractivity (Wildman–Crippen MR) is 57.6 cm³/mol. The highest BCUT2D eigenvalue weighted by molar-refractivity contribution is 5.28. The average Bonchev–Trinajstić information content (AvgIpc) is 2.19. The molecule has 82 valence electrons. The predicted octanol–water partition coefficient (Wildman–Crippen LogP) is 0.308. The fraction of sp³-hybridized carbons (Fsp3) is 0.636. The molecule has 0 atom stereocenters. The number of hydrogen-bond acceptors (Lipinski definition) is 4. The Hall–Kier alpha value is -1.00. The Balaban J connectivity index is 2.40. The molecule has 1 N–H and O–H groups in total. The molecule has 0 saturated heterocycles. The van der Waals surface area contributed by atoms with E-state index in [1.165, 1.54) is 11.3 Å². The fourth-order valence-corrected chi connectivity index (χ4v) is 2.06. The number of nitrogens with zero attached hydrogens (tertiary/aromatic N) is 3. The quantitative estimate of drug-likeness (QED) is 0.758. The Bertz CT molecular complexity index is 365. The van der Waals surface area contributed by atoms with Crippen LogP contribution in [0.15, 0.2) is 0 Å². The molecule has 0 spiro atoms. The standard InChI is InChI=1S/C11H17N3O/c1-8-12-10-3-5-14(2)7-9(10)11(13-8)4-6-15/h15H,3-7H2,1-2H3. The summed E-state index contributed by atoms with van der Waals surface area (Å²) in [6.07, 6.45) is 1.63. The normalized spacial score (nSPS) is 16.5. The van der Waals surface area contributed by atoms with E-state index in [-0.39, 0.29) is 6.61 Å². The third-order valence-corrected chi connectivity index (χ3v) is 2.80. The Labute approximate surface area is 90.0 Å². The summed E-state index contributed by atoms with van der Waals surface area (Å²) in [5, 5.41) is 9.00. The van der Waals surface area contributed by atoms with Gasteiger partial charge in [0.2, 0.25) is 0 Å². The summed E-state index contributed by atoms with van der Waals surface area (Å²) in [5.74, 6) is 0.821. The molecular formula is C11H17N3O. The van der Waals surface area contributed by atoms with Crippen LogP contribution in [0.3, 0.4) is 0 Å². The third kappa shape index (κ3) is 2.16. The second-order valence-corrected chi connectivity index (χ2v) is 4.10. The summed E-state index contributed by atoms with van der Waals surface area (Å²) >= 11 is 0. The first-order valence-corrected chi connectivity index (χ1v) is 5.35. The van der Waals surface area contributed by atoms with Crippen LogP contribution in [0, 0.1) is 6.92 Å². The van der Waals surface area contributed by atoms with Gasteiger partial charge >= 0.3 is 0 Å². The van der Waals surface area contributed by atoms with Crippen molar-refractivity contribution in [2.75, 3.05) is 20.2 Å². The van der Waals surface area contributed by atoms with Gasteiger partial charge in [-0.2, -0.15) is 0 Å². The number of rotatable bonds is 2. The van der Waals surface area contributed by atoms with Crippen molar-refractivity contribution >= 4 is 0 Å². The maximum atomic E-state index is 9.00. The van der Waals surface area contributed by atoms with Crippen LogP contribution in [0.2, 0.25) is 0 Å². The monoisotopic (exact) mass is 207 g/mol. The van der Waals surface area contributed by atoms with E-state index in [1.807, 2.05) is 6.92 Å². The largest absolute Gasteiger partial charge is 0.396 e. The number of aromatic nitrogens is 2. The minimum Gasteiger partial charge on any atom is -0.396 e. The van der Waals surface area contributed by atoms with Crippen LogP contribution < -0.4 is 0 Å². The van der Waals surface area contributed by atoms with Crippen LogP contribution in [0.1, 0.15) is 22.8 Å². The highest BCUT2D eigenvalue weighted by Gasteiger charge is 2.18. The minimum absolute atomic E-state index is 0.159. The lowest BCUT2D eigenvalue weighted by Gasteiger charge is -2.25. The number of aryl methyl sites for hydroxylation is 1. The van der Waals surface area contributed by atoms with Crippen molar-refractivity contribution in [3.05, 3.63) is 22.8 Å². The average molecular weight is 207 g/mol. The van der Waals surface area contributed by atoms with E-state index < -0.39 is 0 Å². The zero-order valence-electron chi connectivity index (χ0n) is 9.32. The second-order valence-electron chi connectivity index (χ2n) is 4.10. The summed E-state index contributed by atoms with van der Waals surface area (Å²) < 4.78 is 0. The van der Waals surface area contributed by atoms with Crippen LogP contribution in [0.5, 0.6) is 0 Å². The van der Waals surface area contributed by atoms with Crippen molar-refractivity contribution in [3.63, 3.8) is 0 Å². The molecule has 0 aliphatic carbocycles. The van der Waals surface area contributed by atoms with Gasteiger partial charge in [-0.3, -0.25) is 0 Å². The molecule has 0 fully saturated rings. The Kier molecular flexibility index (Phi) is 2.98. The van der Waals surface area contributed by atoms with Gasteiger partial charge in [-0.05, 0) is 14.0 Å². The van der Waals surface area contributed by atoms with Gasteiger partial charge in [-0.25, -0.2) is 9.97 Å². The SMILES string of the molecule is Cc1nc(CCO)c2c(n1)CCN(C)C2. The first kappa shape index (κ1) is 10.5. The molecule has 0 aromatic carbocycles. The lowest BCUT2D eigenvalue weighted by molar-refractivity contribution is 0.289. The van der Waals surface area contributed by atoms with E-state index >= 15 is 0 Å². The van der Waals surface area contributed by atoms with Gasteiger partial charge in [0.15, 0.2) is 0 Å². The molecule has 0 saturated carbocycles. The molecule has 4 nitrogen and oxygen atoms in total.